The summed E-state index contributed by atoms with van der Waals surface area (Å²) in [5.41, 5.74) is 0.684. The number of aromatic nitrogens is 1. The monoisotopic (exact) mass is 383 g/mol. The van der Waals surface area contributed by atoms with Gasteiger partial charge in [0.2, 0.25) is 11.8 Å². The van der Waals surface area contributed by atoms with Crippen LogP contribution in [0.15, 0.2) is 42.0 Å². The van der Waals surface area contributed by atoms with Crippen molar-refractivity contribution in [1.29, 1.82) is 0 Å². The van der Waals surface area contributed by atoms with Gasteiger partial charge in [0.1, 0.15) is 0 Å². The van der Waals surface area contributed by atoms with Crippen LogP contribution >= 0.6 is 11.3 Å². The summed E-state index contributed by atoms with van der Waals surface area (Å²) in [6.45, 7) is 2.69. The molecule has 2 aliphatic rings. The van der Waals surface area contributed by atoms with E-state index in [0.717, 1.165) is 37.8 Å². The van der Waals surface area contributed by atoms with Crippen LogP contribution in [0.4, 0.5) is 0 Å². The zero-order chi connectivity index (χ0) is 18.7. The molecule has 1 spiro atoms. The van der Waals surface area contributed by atoms with Gasteiger partial charge in [-0.1, -0.05) is 12.1 Å². The molecule has 4 rings (SSSR count). The van der Waals surface area contributed by atoms with Crippen molar-refractivity contribution in [1.82, 2.24) is 14.8 Å². The Hall–Kier alpha value is -2.21. The summed E-state index contributed by atoms with van der Waals surface area (Å²) in [5.74, 6) is 0.392. The lowest BCUT2D eigenvalue weighted by Gasteiger charge is -2.39. The molecule has 142 valence electrons. The number of rotatable bonds is 5. The lowest BCUT2D eigenvalue weighted by molar-refractivity contribution is -0.146. The predicted octanol–water partition coefficient (Wildman–Crippen LogP) is 3.12. The number of likely N-dealkylation sites (tertiary alicyclic amines) is 2. The van der Waals surface area contributed by atoms with E-state index in [1.165, 1.54) is 4.88 Å². The van der Waals surface area contributed by atoms with E-state index in [1.807, 2.05) is 39.6 Å². The fourth-order valence-corrected chi connectivity index (χ4v) is 5.03. The Balaban J connectivity index is 1.38. The van der Waals surface area contributed by atoms with Crippen LogP contribution in [0.1, 0.15) is 36.1 Å². The molecule has 27 heavy (non-hydrogen) atoms. The van der Waals surface area contributed by atoms with Crippen LogP contribution in [0.3, 0.4) is 0 Å². The first-order valence-electron chi connectivity index (χ1n) is 9.65. The molecule has 4 heterocycles. The SMILES string of the molecule is O=C(CCc1cccs1)N1CC[C@@]2(CCCN(Cc3cccnc3)C2=O)C1. The Bertz CT molecular complexity index is 793. The fourth-order valence-electron chi connectivity index (χ4n) is 4.32. The van der Waals surface area contributed by atoms with Crippen LogP contribution in [0.25, 0.3) is 0 Å². The minimum Gasteiger partial charge on any atom is -0.342 e. The summed E-state index contributed by atoms with van der Waals surface area (Å²) in [7, 11) is 0. The minimum atomic E-state index is -0.376. The van der Waals surface area contributed by atoms with Crippen LogP contribution in [0.5, 0.6) is 0 Å². The molecule has 2 amide bonds. The van der Waals surface area contributed by atoms with Gasteiger partial charge in [0.25, 0.3) is 0 Å². The molecule has 2 saturated heterocycles. The number of nitrogens with zero attached hydrogens (tertiary/aromatic N) is 3. The van der Waals surface area contributed by atoms with Crippen molar-refractivity contribution in [2.45, 2.75) is 38.6 Å². The first-order valence-corrected chi connectivity index (χ1v) is 10.5. The highest BCUT2D eigenvalue weighted by Crippen LogP contribution is 2.40. The maximum absolute atomic E-state index is 13.2. The number of carbonyl (C=O) groups excluding carboxylic acids is 2. The third-order valence-corrected chi connectivity index (χ3v) is 6.73. The molecule has 1 atom stereocenters. The zero-order valence-corrected chi connectivity index (χ0v) is 16.3. The first-order chi connectivity index (χ1) is 13.2. The number of hydrogen-bond donors (Lipinski definition) is 0. The van der Waals surface area contributed by atoms with Gasteiger partial charge in [-0.15, -0.1) is 11.3 Å². The smallest absolute Gasteiger partial charge is 0.230 e. The number of pyridine rings is 1. The molecule has 0 bridgehead atoms. The Morgan fingerprint density at radius 2 is 2.15 bits per heavy atom. The van der Waals surface area contributed by atoms with Gasteiger partial charge < -0.3 is 9.80 Å². The van der Waals surface area contributed by atoms with Gasteiger partial charge in [0, 0.05) is 49.9 Å². The molecule has 0 aromatic carbocycles. The van der Waals surface area contributed by atoms with E-state index >= 15 is 0 Å². The normalized spacial score (nSPS) is 22.6. The summed E-state index contributed by atoms with van der Waals surface area (Å²) in [5, 5.41) is 2.04. The van der Waals surface area contributed by atoms with E-state index < -0.39 is 0 Å². The quantitative estimate of drug-likeness (QED) is 0.797. The topological polar surface area (TPSA) is 53.5 Å². The number of piperidine rings is 1. The number of carbonyl (C=O) groups is 2. The van der Waals surface area contributed by atoms with Gasteiger partial charge >= 0.3 is 0 Å². The lowest BCUT2D eigenvalue weighted by atomic mass is 9.78. The zero-order valence-electron chi connectivity index (χ0n) is 15.5. The number of aryl methyl sites for hydroxylation is 1. The van der Waals surface area contributed by atoms with Crippen LogP contribution in [0, 0.1) is 5.41 Å². The van der Waals surface area contributed by atoms with Crippen LogP contribution in [-0.4, -0.2) is 46.2 Å². The second-order valence-corrected chi connectivity index (χ2v) is 8.65. The maximum Gasteiger partial charge on any atom is 0.230 e. The highest BCUT2D eigenvalue weighted by molar-refractivity contribution is 7.09. The van der Waals surface area contributed by atoms with Gasteiger partial charge in [-0.3, -0.25) is 14.6 Å². The van der Waals surface area contributed by atoms with E-state index in [4.69, 9.17) is 0 Å². The van der Waals surface area contributed by atoms with Crippen molar-refractivity contribution in [3.63, 3.8) is 0 Å². The molecule has 2 aromatic rings. The van der Waals surface area contributed by atoms with Crippen molar-refractivity contribution in [2.75, 3.05) is 19.6 Å². The standard InChI is InChI=1S/C21H25N3O2S/c25-19(7-6-18-5-2-13-27-18)24-12-9-21(16-24)8-3-11-23(20(21)26)15-17-4-1-10-22-14-17/h1-2,4-5,10,13-14H,3,6-9,11-12,15-16H2/t21-/m0/s1. The van der Waals surface area contributed by atoms with Crippen LogP contribution < -0.4 is 0 Å². The lowest BCUT2D eigenvalue weighted by Crippen LogP contribution is -2.50. The first kappa shape index (κ1) is 18.2. The molecule has 0 saturated carbocycles. The van der Waals surface area contributed by atoms with E-state index in [-0.39, 0.29) is 17.2 Å². The van der Waals surface area contributed by atoms with Crippen LogP contribution in [-0.2, 0) is 22.6 Å². The third kappa shape index (κ3) is 3.90. The number of thiophene rings is 1. The Labute approximate surface area is 164 Å². The second-order valence-electron chi connectivity index (χ2n) is 7.62. The summed E-state index contributed by atoms with van der Waals surface area (Å²) in [6.07, 6.45) is 7.59. The van der Waals surface area contributed by atoms with E-state index in [1.54, 1.807) is 17.5 Å². The summed E-state index contributed by atoms with van der Waals surface area (Å²) >= 11 is 1.69. The van der Waals surface area contributed by atoms with Crippen molar-refractivity contribution in [3.05, 3.63) is 52.5 Å². The third-order valence-electron chi connectivity index (χ3n) is 5.79. The number of hydrogen-bond acceptors (Lipinski definition) is 4. The summed E-state index contributed by atoms with van der Waals surface area (Å²) in [6, 6.07) is 8.01. The molecule has 2 aliphatic heterocycles. The molecule has 0 N–H and O–H groups in total. The number of amides is 2. The van der Waals surface area contributed by atoms with Gasteiger partial charge in [-0.25, -0.2) is 0 Å². The van der Waals surface area contributed by atoms with E-state index in [0.29, 0.717) is 26.1 Å². The van der Waals surface area contributed by atoms with E-state index in [2.05, 4.69) is 11.1 Å². The van der Waals surface area contributed by atoms with Crippen LogP contribution in [0.2, 0.25) is 0 Å². The van der Waals surface area contributed by atoms with E-state index in [9.17, 15) is 9.59 Å². The Kier molecular flexibility index (Phi) is 5.25. The van der Waals surface area contributed by atoms with Gasteiger partial charge in [0.05, 0.1) is 5.41 Å². The second kappa shape index (κ2) is 7.80. The predicted molar refractivity (Wildman–Crippen MR) is 105 cm³/mol. The molecular formula is C21H25N3O2S. The van der Waals surface area contributed by atoms with Gasteiger partial charge in [-0.05, 0) is 48.8 Å². The van der Waals surface area contributed by atoms with Crippen molar-refractivity contribution in [3.8, 4) is 0 Å². The molecule has 0 aliphatic carbocycles. The van der Waals surface area contributed by atoms with Crippen molar-refractivity contribution >= 4 is 23.2 Å². The van der Waals surface area contributed by atoms with Gasteiger partial charge in [0.15, 0.2) is 0 Å². The average Bonchev–Trinajstić information content (AvgIpc) is 3.35. The molecule has 6 heteroatoms. The molecule has 0 radical (unpaired) electrons. The minimum absolute atomic E-state index is 0.178. The summed E-state index contributed by atoms with van der Waals surface area (Å²) in [4.78, 5) is 35.1. The highest BCUT2D eigenvalue weighted by Gasteiger charge is 2.49. The molecule has 2 fully saturated rings. The Morgan fingerprint density at radius 3 is 2.93 bits per heavy atom. The molecule has 5 nitrogen and oxygen atoms in total. The molecule has 2 aromatic heterocycles. The van der Waals surface area contributed by atoms with Gasteiger partial charge in [-0.2, -0.15) is 0 Å². The average molecular weight is 384 g/mol. The molecule has 0 unspecified atom stereocenters. The fraction of sp³-hybridized carbons (Fsp3) is 0.476. The Morgan fingerprint density at radius 1 is 1.22 bits per heavy atom. The highest BCUT2D eigenvalue weighted by atomic mass is 32.1. The van der Waals surface area contributed by atoms with Crippen molar-refractivity contribution in [2.24, 2.45) is 5.41 Å². The molecular weight excluding hydrogens is 358 g/mol. The maximum atomic E-state index is 13.2. The van der Waals surface area contributed by atoms with Crippen molar-refractivity contribution < 1.29 is 9.59 Å². The summed E-state index contributed by atoms with van der Waals surface area (Å²) < 4.78 is 0. The largest absolute Gasteiger partial charge is 0.342 e.